The van der Waals surface area contributed by atoms with Gasteiger partial charge in [0.1, 0.15) is 0 Å². The van der Waals surface area contributed by atoms with E-state index in [1.54, 1.807) is 12.1 Å². The molecule has 1 aromatic carbocycles. The van der Waals surface area contributed by atoms with Crippen molar-refractivity contribution in [2.75, 3.05) is 26.8 Å². The van der Waals surface area contributed by atoms with Gasteiger partial charge >= 0.3 is 0 Å². The molecule has 2 rings (SSSR count). The summed E-state index contributed by atoms with van der Waals surface area (Å²) in [6.07, 6.45) is 1.84. The summed E-state index contributed by atoms with van der Waals surface area (Å²) >= 11 is 0. The lowest BCUT2D eigenvalue weighted by Gasteiger charge is -2.22. The number of benzene rings is 1. The number of hydrogen-bond donors (Lipinski definition) is 2. The van der Waals surface area contributed by atoms with Crippen LogP contribution in [0, 0.1) is 5.92 Å². The standard InChI is InChI=1S/C14H22N2O3S/c1-15-10-12-2-4-14(5-3-12)20(17,18)16-11-13-6-8-19-9-7-13/h2-5,13,15-16H,6-11H2,1H3. The molecule has 1 aliphatic rings. The summed E-state index contributed by atoms with van der Waals surface area (Å²) in [5, 5.41) is 3.03. The molecule has 2 N–H and O–H groups in total. The smallest absolute Gasteiger partial charge is 0.240 e. The second-order valence-electron chi connectivity index (χ2n) is 5.08. The van der Waals surface area contributed by atoms with Gasteiger partial charge in [0.2, 0.25) is 10.0 Å². The predicted molar refractivity (Wildman–Crippen MR) is 77.9 cm³/mol. The third kappa shape index (κ3) is 4.28. The summed E-state index contributed by atoms with van der Waals surface area (Å²) in [4.78, 5) is 0.324. The van der Waals surface area contributed by atoms with Crippen molar-refractivity contribution in [2.24, 2.45) is 5.92 Å². The summed E-state index contributed by atoms with van der Waals surface area (Å²) in [7, 11) is -1.54. The Hall–Kier alpha value is -0.950. The Kier molecular flexibility index (Phi) is 5.54. The Morgan fingerprint density at radius 3 is 2.45 bits per heavy atom. The summed E-state index contributed by atoms with van der Waals surface area (Å²) in [5.41, 5.74) is 1.07. The molecule has 1 fully saturated rings. The molecule has 0 unspecified atom stereocenters. The van der Waals surface area contributed by atoms with Gasteiger partial charge in [0.25, 0.3) is 0 Å². The van der Waals surface area contributed by atoms with Crippen molar-refractivity contribution in [3.05, 3.63) is 29.8 Å². The van der Waals surface area contributed by atoms with Gasteiger partial charge < -0.3 is 10.1 Å². The fourth-order valence-corrected chi connectivity index (χ4v) is 3.37. The van der Waals surface area contributed by atoms with Crippen LogP contribution in [0.5, 0.6) is 0 Å². The Balaban J connectivity index is 1.94. The van der Waals surface area contributed by atoms with E-state index in [4.69, 9.17) is 4.74 Å². The van der Waals surface area contributed by atoms with Gasteiger partial charge in [-0.3, -0.25) is 0 Å². The highest BCUT2D eigenvalue weighted by molar-refractivity contribution is 7.89. The molecular formula is C14H22N2O3S. The van der Waals surface area contributed by atoms with Crippen LogP contribution in [0.4, 0.5) is 0 Å². The highest BCUT2D eigenvalue weighted by atomic mass is 32.2. The minimum atomic E-state index is -3.40. The van der Waals surface area contributed by atoms with Crippen molar-refractivity contribution in [3.63, 3.8) is 0 Å². The van der Waals surface area contributed by atoms with E-state index in [9.17, 15) is 8.42 Å². The molecule has 0 atom stereocenters. The summed E-state index contributed by atoms with van der Waals surface area (Å²) in [5.74, 6) is 0.377. The first kappa shape index (κ1) is 15.4. The fourth-order valence-electron chi connectivity index (χ4n) is 2.25. The average molecular weight is 298 g/mol. The normalized spacial score (nSPS) is 17.2. The van der Waals surface area contributed by atoms with Crippen LogP contribution >= 0.6 is 0 Å². The molecule has 0 bridgehead atoms. The van der Waals surface area contributed by atoms with Crippen molar-refractivity contribution >= 4 is 10.0 Å². The molecule has 1 aromatic rings. The summed E-state index contributed by atoms with van der Waals surface area (Å²) < 4.78 is 32.3. The van der Waals surface area contributed by atoms with E-state index >= 15 is 0 Å². The zero-order valence-electron chi connectivity index (χ0n) is 11.8. The van der Waals surface area contributed by atoms with Crippen LogP contribution in [0.2, 0.25) is 0 Å². The van der Waals surface area contributed by atoms with E-state index in [1.165, 1.54) is 0 Å². The number of hydrogen-bond acceptors (Lipinski definition) is 4. The van der Waals surface area contributed by atoms with Gasteiger partial charge in [0.15, 0.2) is 0 Å². The first-order chi connectivity index (χ1) is 9.62. The van der Waals surface area contributed by atoms with Crippen molar-refractivity contribution < 1.29 is 13.2 Å². The quantitative estimate of drug-likeness (QED) is 0.825. The largest absolute Gasteiger partial charge is 0.381 e. The molecule has 0 spiro atoms. The summed E-state index contributed by atoms with van der Waals surface area (Å²) in [6, 6.07) is 6.97. The van der Waals surface area contributed by atoms with Crippen molar-refractivity contribution in [3.8, 4) is 0 Å². The van der Waals surface area contributed by atoms with Gasteiger partial charge in [-0.2, -0.15) is 0 Å². The maximum atomic E-state index is 12.2. The number of ether oxygens (including phenoxy) is 1. The van der Waals surface area contributed by atoms with Gasteiger partial charge in [-0.25, -0.2) is 13.1 Å². The van der Waals surface area contributed by atoms with E-state index in [-0.39, 0.29) is 0 Å². The second-order valence-corrected chi connectivity index (χ2v) is 6.85. The van der Waals surface area contributed by atoms with E-state index < -0.39 is 10.0 Å². The lowest BCUT2D eigenvalue weighted by atomic mass is 10.0. The minimum absolute atomic E-state index is 0.324. The van der Waals surface area contributed by atoms with E-state index in [1.807, 2.05) is 19.2 Å². The fraction of sp³-hybridized carbons (Fsp3) is 0.571. The van der Waals surface area contributed by atoms with Crippen LogP contribution < -0.4 is 10.0 Å². The third-order valence-electron chi connectivity index (χ3n) is 3.52. The zero-order valence-corrected chi connectivity index (χ0v) is 12.6. The molecule has 112 valence electrons. The molecule has 1 heterocycles. The monoisotopic (exact) mass is 298 g/mol. The minimum Gasteiger partial charge on any atom is -0.381 e. The molecule has 6 heteroatoms. The van der Waals surface area contributed by atoms with Crippen LogP contribution in [-0.4, -0.2) is 35.2 Å². The lowest BCUT2D eigenvalue weighted by molar-refractivity contribution is 0.0678. The third-order valence-corrected chi connectivity index (χ3v) is 4.96. The average Bonchev–Trinajstić information content (AvgIpc) is 2.47. The molecule has 0 aliphatic carbocycles. The Labute approximate surface area is 120 Å². The first-order valence-corrected chi connectivity index (χ1v) is 8.41. The van der Waals surface area contributed by atoms with Crippen LogP contribution in [0.3, 0.4) is 0 Å². The number of rotatable bonds is 6. The van der Waals surface area contributed by atoms with Crippen LogP contribution in [0.15, 0.2) is 29.2 Å². The van der Waals surface area contributed by atoms with Gasteiger partial charge in [0, 0.05) is 26.3 Å². The van der Waals surface area contributed by atoms with Crippen molar-refractivity contribution in [2.45, 2.75) is 24.3 Å². The maximum Gasteiger partial charge on any atom is 0.240 e. The molecule has 0 radical (unpaired) electrons. The van der Waals surface area contributed by atoms with E-state index in [2.05, 4.69) is 10.0 Å². The van der Waals surface area contributed by atoms with Gasteiger partial charge in [-0.05, 0) is 43.5 Å². The van der Waals surface area contributed by atoms with Crippen molar-refractivity contribution in [1.82, 2.24) is 10.0 Å². The molecule has 0 amide bonds. The zero-order chi connectivity index (χ0) is 14.4. The van der Waals surface area contributed by atoms with Crippen molar-refractivity contribution in [1.29, 1.82) is 0 Å². The molecule has 5 nitrogen and oxygen atoms in total. The van der Waals surface area contributed by atoms with Gasteiger partial charge in [-0.1, -0.05) is 12.1 Å². The van der Waals surface area contributed by atoms with Gasteiger partial charge in [0.05, 0.1) is 4.90 Å². The highest BCUT2D eigenvalue weighted by Crippen LogP contribution is 2.15. The molecular weight excluding hydrogens is 276 g/mol. The highest BCUT2D eigenvalue weighted by Gasteiger charge is 2.18. The molecule has 0 saturated carbocycles. The topological polar surface area (TPSA) is 67.4 Å². The molecule has 0 aromatic heterocycles. The number of nitrogens with one attached hydrogen (secondary N) is 2. The van der Waals surface area contributed by atoms with E-state index in [0.717, 1.165) is 38.2 Å². The van der Waals surface area contributed by atoms with E-state index in [0.29, 0.717) is 17.4 Å². The molecule has 1 aliphatic heterocycles. The Morgan fingerprint density at radius 1 is 1.20 bits per heavy atom. The lowest BCUT2D eigenvalue weighted by Crippen LogP contribution is -2.32. The van der Waals surface area contributed by atoms with Crippen LogP contribution in [0.25, 0.3) is 0 Å². The first-order valence-electron chi connectivity index (χ1n) is 6.93. The molecule has 20 heavy (non-hydrogen) atoms. The Morgan fingerprint density at radius 2 is 1.85 bits per heavy atom. The molecule has 1 saturated heterocycles. The van der Waals surface area contributed by atoms with Crippen LogP contribution in [-0.2, 0) is 21.3 Å². The Bertz CT molecular complexity index is 508. The summed E-state index contributed by atoms with van der Waals surface area (Å²) in [6.45, 7) is 2.68. The SMILES string of the molecule is CNCc1ccc(S(=O)(=O)NCC2CCOCC2)cc1. The van der Waals surface area contributed by atoms with Gasteiger partial charge in [-0.15, -0.1) is 0 Å². The predicted octanol–water partition coefficient (Wildman–Crippen LogP) is 1.11. The maximum absolute atomic E-state index is 12.2. The second kappa shape index (κ2) is 7.17. The number of sulfonamides is 1. The van der Waals surface area contributed by atoms with Crippen LogP contribution in [0.1, 0.15) is 18.4 Å².